The number of ether oxygens (including phenoxy) is 1. The molecule has 1 aromatic heterocycles. The lowest BCUT2D eigenvalue weighted by atomic mass is 10.2. The molecule has 1 aliphatic rings. The summed E-state index contributed by atoms with van der Waals surface area (Å²) < 4.78 is 43.4. The molecule has 0 bridgehead atoms. The fourth-order valence-electron chi connectivity index (χ4n) is 2.88. The minimum Gasteiger partial charge on any atom is -0.373 e. The van der Waals surface area contributed by atoms with E-state index in [1.807, 2.05) is 0 Å². The second kappa shape index (κ2) is 9.52. The predicted molar refractivity (Wildman–Crippen MR) is 96.4 cm³/mol. The van der Waals surface area contributed by atoms with E-state index in [0.29, 0.717) is 11.0 Å². The summed E-state index contributed by atoms with van der Waals surface area (Å²) in [7, 11) is 1.63. The first kappa shape index (κ1) is 20.9. The Balaban J connectivity index is 1.67. The third kappa shape index (κ3) is 6.73. The number of alkyl halides is 3. The lowest BCUT2D eigenvalue weighted by Gasteiger charge is -2.35. The van der Waals surface area contributed by atoms with Crippen molar-refractivity contribution in [1.29, 1.82) is 0 Å². The van der Waals surface area contributed by atoms with Crippen molar-refractivity contribution in [3.05, 3.63) is 16.1 Å². The van der Waals surface area contributed by atoms with Gasteiger partial charge in [-0.15, -0.1) is 11.3 Å². The largest absolute Gasteiger partial charge is 0.434 e. The number of aromatic nitrogens is 1. The van der Waals surface area contributed by atoms with E-state index in [4.69, 9.17) is 4.74 Å². The molecular formula is C16H26F3N5OS. The summed E-state index contributed by atoms with van der Waals surface area (Å²) in [5, 5.41) is 7.56. The average molecular weight is 393 g/mol. The van der Waals surface area contributed by atoms with Crippen LogP contribution in [-0.2, 0) is 17.5 Å². The fourth-order valence-corrected chi connectivity index (χ4v) is 3.62. The summed E-state index contributed by atoms with van der Waals surface area (Å²) >= 11 is 0.981. The predicted octanol–water partition coefficient (Wildman–Crippen LogP) is 2.33. The number of guanidine groups is 1. The van der Waals surface area contributed by atoms with E-state index in [0.717, 1.165) is 49.3 Å². The van der Waals surface area contributed by atoms with Crippen LogP contribution in [-0.4, -0.2) is 61.3 Å². The fraction of sp³-hybridized carbons (Fsp3) is 0.750. The number of hydrogen-bond acceptors (Lipinski definition) is 5. The van der Waals surface area contributed by atoms with Crippen LogP contribution in [0.3, 0.4) is 0 Å². The molecule has 0 saturated carbocycles. The first-order valence-electron chi connectivity index (χ1n) is 8.62. The molecule has 26 heavy (non-hydrogen) atoms. The van der Waals surface area contributed by atoms with E-state index in [1.165, 1.54) is 0 Å². The maximum atomic E-state index is 12.5. The molecule has 0 aliphatic carbocycles. The second-order valence-electron chi connectivity index (χ2n) is 6.35. The Hall–Kier alpha value is -1.39. The van der Waals surface area contributed by atoms with Crippen LogP contribution in [0.4, 0.5) is 13.2 Å². The van der Waals surface area contributed by atoms with E-state index < -0.39 is 11.9 Å². The Morgan fingerprint density at radius 3 is 2.62 bits per heavy atom. The molecule has 0 spiro atoms. The van der Waals surface area contributed by atoms with Gasteiger partial charge in [-0.25, -0.2) is 4.98 Å². The van der Waals surface area contributed by atoms with Crippen LogP contribution in [0.2, 0.25) is 0 Å². The molecule has 0 radical (unpaired) electrons. The molecule has 1 aliphatic heterocycles. The SMILES string of the molecule is CN=C(NCCCN1CC(C)OC(C)C1)NCc1nc(C(F)(F)F)cs1. The highest BCUT2D eigenvalue weighted by Gasteiger charge is 2.33. The van der Waals surface area contributed by atoms with Gasteiger partial charge < -0.3 is 15.4 Å². The molecule has 2 N–H and O–H groups in total. The summed E-state index contributed by atoms with van der Waals surface area (Å²) in [6.07, 6.45) is -2.96. The van der Waals surface area contributed by atoms with Gasteiger partial charge in [0, 0.05) is 38.6 Å². The van der Waals surface area contributed by atoms with Crippen molar-refractivity contribution in [3.8, 4) is 0 Å². The minimum absolute atomic E-state index is 0.207. The average Bonchev–Trinajstić information content (AvgIpc) is 3.02. The van der Waals surface area contributed by atoms with Crippen molar-refractivity contribution < 1.29 is 17.9 Å². The number of hydrogen-bond donors (Lipinski definition) is 2. The number of aliphatic imine (C=N–C) groups is 1. The van der Waals surface area contributed by atoms with Gasteiger partial charge in [-0.05, 0) is 20.3 Å². The van der Waals surface area contributed by atoms with Crippen molar-refractivity contribution in [2.24, 2.45) is 4.99 Å². The van der Waals surface area contributed by atoms with Crippen LogP contribution in [0.5, 0.6) is 0 Å². The Morgan fingerprint density at radius 2 is 2.04 bits per heavy atom. The van der Waals surface area contributed by atoms with Gasteiger partial charge in [-0.1, -0.05) is 0 Å². The van der Waals surface area contributed by atoms with Crippen molar-refractivity contribution in [1.82, 2.24) is 20.5 Å². The minimum atomic E-state index is -4.40. The summed E-state index contributed by atoms with van der Waals surface area (Å²) in [5.41, 5.74) is -0.851. The molecule has 0 amide bonds. The summed E-state index contributed by atoms with van der Waals surface area (Å²) in [5.74, 6) is 0.553. The van der Waals surface area contributed by atoms with Crippen LogP contribution < -0.4 is 10.6 Å². The number of nitrogens with one attached hydrogen (secondary N) is 2. The highest BCUT2D eigenvalue weighted by molar-refractivity contribution is 7.09. The third-order valence-electron chi connectivity index (χ3n) is 3.91. The second-order valence-corrected chi connectivity index (χ2v) is 7.29. The maximum absolute atomic E-state index is 12.5. The lowest BCUT2D eigenvalue weighted by Crippen LogP contribution is -2.46. The van der Waals surface area contributed by atoms with Gasteiger partial charge in [0.25, 0.3) is 0 Å². The van der Waals surface area contributed by atoms with Crippen molar-refractivity contribution in [2.45, 2.75) is 45.2 Å². The van der Waals surface area contributed by atoms with Gasteiger partial charge in [-0.3, -0.25) is 9.89 Å². The van der Waals surface area contributed by atoms with Crippen molar-refractivity contribution >= 4 is 17.3 Å². The molecule has 10 heteroatoms. The quantitative estimate of drug-likeness (QED) is 0.441. The van der Waals surface area contributed by atoms with Crippen LogP contribution >= 0.6 is 11.3 Å². The number of thiazole rings is 1. The molecule has 0 aromatic carbocycles. The zero-order chi connectivity index (χ0) is 19.2. The lowest BCUT2D eigenvalue weighted by molar-refractivity contribution is -0.140. The zero-order valence-electron chi connectivity index (χ0n) is 15.3. The molecule has 1 saturated heterocycles. The van der Waals surface area contributed by atoms with Crippen molar-refractivity contribution in [2.75, 3.05) is 33.2 Å². The van der Waals surface area contributed by atoms with Crippen LogP contribution in [0.25, 0.3) is 0 Å². The molecule has 2 rings (SSSR count). The number of nitrogens with zero attached hydrogens (tertiary/aromatic N) is 3. The number of morpholine rings is 1. The molecular weight excluding hydrogens is 367 g/mol. The molecule has 148 valence electrons. The maximum Gasteiger partial charge on any atom is 0.434 e. The van der Waals surface area contributed by atoms with Crippen LogP contribution in [0.1, 0.15) is 31.0 Å². The van der Waals surface area contributed by atoms with E-state index >= 15 is 0 Å². The van der Waals surface area contributed by atoms with E-state index in [1.54, 1.807) is 7.05 Å². The normalized spacial score (nSPS) is 22.5. The monoisotopic (exact) mass is 393 g/mol. The van der Waals surface area contributed by atoms with Gasteiger partial charge in [0.2, 0.25) is 0 Å². The zero-order valence-corrected chi connectivity index (χ0v) is 16.1. The van der Waals surface area contributed by atoms with Gasteiger partial charge in [0.05, 0.1) is 18.8 Å². The molecule has 6 nitrogen and oxygen atoms in total. The molecule has 1 fully saturated rings. The number of halogens is 3. The van der Waals surface area contributed by atoms with Gasteiger partial charge in [-0.2, -0.15) is 13.2 Å². The summed E-state index contributed by atoms with van der Waals surface area (Å²) in [6.45, 7) is 7.92. The van der Waals surface area contributed by atoms with E-state index in [2.05, 4.69) is 39.4 Å². The number of rotatable bonds is 6. The summed E-state index contributed by atoms with van der Waals surface area (Å²) in [6, 6.07) is 0. The third-order valence-corrected chi connectivity index (χ3v) is 4.76. The van der Waals surface area contributed by atoms with Gasteiger partial charge in [0.1, 0.15) is 5.01 Å². The van der Waals surface area contributed by atoms with E-state index in [-0.39, 0.29) is 18.8 Å². The van der Waals surface area contributed by atoms with Gasteiger partial charge >= 0.3 is 6.18 Å². The Bertz CT molecular complexity index is 583. The first-order valence-corrected chi connectivity index (χ1v) is 9.50. The smallest absolute Gasteiger partial charge is 0.373 e. The molecule has 2 unspecified atom stereocenters. The van der Waals surface area contributed by atoms with Crippen LogP contribution in [0.15, 0.2) is 10.4 Å². The first-order chi connectivity index (χ1) is 12.3. The molecule has 2 atom stereocenters. The van der Waals surface area contributed by atoms with Gasteiger partial charge in [0.15, 0.2) is 11.7 Å². The van der Waals surface area contributed by atoms with Crippen molar-refractivity contribution in [3.63, 3.8) is 0 Å². The highest BCUT2D eigenvalue weighted by Crippen LogP contribution is 2.29. The Labute approximate surface area is 155 Å². The Morgan fingerprint density at radius 1 is 1.35 bits per heavy atom. The van der Waals surface area contributed by atoms with Crippen LogP contribution in [0, 0.1) is 0 Å². The topological polar surface area (TPSA) is 61.8 Å². The summed E-state index contributed by atoms with van der Waals surface area (Å²) in [4.78, 5) is 10.1. The standard InChI is InChI=1S/C16H26F3N5OS/c1-11-8-24(9-12(2)25-11)6-4-5-21-15(20-3)22-7-14-23-13(10-26-14)16(17,18)19/h10-12H,4-9H2,1-3H3,(H2,20,21,22). The molecule has 2 heterocycles. The molecule has 1 aromatic rings. The van der Waals surface area contributed by atoms with E-state index in [9.17, 15) is 13.2 Å². The Kier molecular flexibility index (Phi) is 7.66. The highest BCUT2D eigenvalue weighted by atomic mass is 32.1.